The van der Waals surface area contributed by atoms with Gasteiger partial charge >= 0.3 is 0 Å². The van der Waals surface area contributed by atoms with Crippen molar-refractivity contribution in [2.75, 3.05) is 13.1 Å². The molecule has 0 aromatic heterocycles. The van der Waals surface area contributed by atoms with Gasteiger partial charge in [-0.15, -0.1) is 0 Å². The number of benzene rings is 1. The van der Waals surface area contributed by atoms with Crippen molar-refractivity contribution in [3.8, 4) is 0 Å². The second kappa shape index (κ2) is 5.24. The van der Waals surface area contributed by atoms with E-state index in [4.69, 9.17) is 0 Å². The van der Waals surface area contributed by atoms with Gasteiger partial charge in [0.25, 0.3) is 0 Å². The zero-order chi connectivity index (χ0) is 11.3. The zero-order valence-corrected chi connectivity index (χ0v) is 9.26. The number of hydrogen-bond acceptors (Lipinski definition) is 2. The Kier molecular flexibility index (Phi) is 4.24. The van der Waals surface area contributed by atoms with Gasteiger partial charge in [-0.1, -0.05) is 19.1 Å². The molecular formula is C12H18FNO. The molecule has 0 aliphatic rings. The normalized spacial score (nSPS) is 14.9. The van der Waals surface area contributed by atoms with Crippen LogP contribution in [-0.4, -0.2) is 18.2 Å². The molecule has 0 spiro atoms. The van der Waals surface area contributed by atoms with Crippen LogP contribution >= 0.6 is 0 Å². The topological polar surface area (TPSA) is 32.3 Å². The van der Waals surface area contributed by atoms with Gasteiger partial charge in [-0.2, -0.15) is 0 Å². The summed E-state index contributed by atoms with van der Waals surface area (Å²) in [7, 11) is 0. The summed E-state index contributed by atoms with van der Waals surface area (Å²) >= 11 is 0. The zero-order valence-electron chi connectivity index (χ0n) is 9.26. The maximum Gasteiger partial charge on any atom is 0.123 e. The van der Waals surface area contributed by atoms with Crippen molar-refractivity contribution in [1.29, 1.82) is 0 Å². The maximum absolute atomic E-state index is 12.7. The Labute approximate surface area is 90.1 Å². The van der Waals surface area contributed by atoms with E-state index in [2.05, 4.69) is 12.2 Å². The van der Waals surface area contributed by atoms with Crippen LogP contribution in [0.5, 0.6) is 0 Å². The molecule has 2 N–H and O–H groups in total. The average Bonchev–Trinajstić information content (AvgIpc) is 2.18. The largest absolute Gasteiger partial charge is 0.384 e. The Morgan fingerprint density at radius 3 is 2.47 bits per heavy atom. The van der Waals surface area contributed by atoms with Crippen molar-refractivity contribution in [2.24, 2.45) is 0 Å². The smallest absolute Gasteiger partial charge is 0.123 e. The molecule has 1 unspecified atom stereocenters. The number of hydrogen-bond donors (Lipinski definition) is 2. The van der Waals surface area contributed by atoms with E-state index in [0.717, 1.165) is 18.5 Å². The van der Waals surface area contributed by atoms with Crippen molar-refractivity contribution < 1.29 is 9.50 Å². The van der Waals surface area contributed by atoms with E-state index in [1.807, 2.05) is 0 Å². The molecule has 0 saturated carbocycles. The average molecular weight is 211 g/mol. The quantitative estimate of drug-likeness (QED) is 0.730. The monoisotopic (exact) mass is 211 g/mol. The van der Waals surface area contributed by atoms with E-state index in [1.54, 1.807) is 19.1 Å². The molecule has 0 aliphatic carbocycles. The van der Waals surface area contributed by atoms with Crippen LogP contribution in [0.1, 0.15) is 25.8 Å². The first-order valence-electron chi connectivity index (χ1n) is 5.25. The number of nitrogens with one attached hydrogen (secondary N) is 1. The minimum atomic E-state index is -0.942. The Bertz CT molecular complexity index is 295. The lowest BCUT2D eigenvalue weighted by Gasteiger charge is -2.24. The molecule has 0 heterocycles. The molecule has 1 aromatic carbocycles. The van der Waals surface area contributed by atoms with Gasteiger partial charge in [0.05, 0.1) is 5.60 Å². The van der Waals surface area contributed by atoms with Gasteiger partial charge in [0.2, 0.25) is 0 Å². The molecule has 0 fully saturated rings. The highest BCUT2D eigenvalue weighted by Crippen LogP contribution is 2.19. The van der Waals surface area contributed by atoms with Crippen LogP contribution in [0.3, 0.4) is 0 Å². The van der Waals surface area contributed by atoms with Crippen molar-refractivity contribution >= 4 is 0 Å². The van der Waals surface area contributed by atoms with E-state index in [1.165, 1.54) is 12.1 Å². The second-order valence-corrected chi connectivity index (χ2v) is 3.96. The highest BCUT2D eigenvalue weighted by Gasteiger charge is 2.21. The minimum absolute atomic E-state index is 0.281. The Morgan fingerprint density at radius 2 is 1.93 bits per heavy atom. The summed E-state index contributed by atoms with van der Waals surface area (Å²) in [6, 6.07) is 5.96. The van der Waals surface area contributed by atoms with E-state index in [9.17, 15) is 9.50 Å². The molecule has 0 amide bonds. The minimum Gasteiger partial charge on any atom is -0.384 e. The number of aliphatic hydroxyl groups is 1. The van der Waals surface area contributed by atoms with E-state index >= 15 is 0 Å². The lowest BCUT2D eigenvalue weighted by molar-refractivity contribution is 0.0572. The van der Waals surface area contributed by atoms with Gasteiger partial charge in [0.15, 0.2) is 0 Å². The first-order chi connectivity index (χ1) is 7.06. The van der Waals surface area contributed by atoms with Crippen LogP contribution in [0, 0.1) is 5.82 Å². The third-order valence-electron chi connectivity index (χ3n) is 2.36. The van der Waals surface area contributed by atoms with Crippen molar-refractivity contribution in [3.05, 3.63) is 35.6 Å². The standard InChI is InChI=1S/C12H18FNO/c1-3-8-14-9-12(2,15)10-4-6-11(13)7-5-10/h4-7,14-15H,3,8-9H2,1-2H3. The SMILES string of the molecule is CCCNCC(C)(O)c1ccc(F)cc1. The fraction of sp³-hybridized carbons (Fsp3) is 0.500. The van der Waals surface area contributed by atoms with E-state index in [-0.39, 0.29) is 5.82 Å². The summed E-state index contributed by atoms with van der Waals surface area (Å²) in [5.74, 6) is -0.281. The van der Waals surface area contributed by atoms with Gasteiger partial charge in [-0.25, -0.2) is 4.39 Å². The molecular weight excluding hydrogens is 193 g/mol. The molecule has 15 heavy (non-hydrogen) atoms. The highest BCUT2D eigenvalue weighted by molar-refractivity contribution is 5.22. The van der Waals surface area contributed by atoms with Crippen molar-refractivity contribution in [2.45, 2.75) is 25.9 Å². The molecule has 84 valence electrons. The second-order valence-electron chi connectivity index (χ2n) is 3.96. The predicted molar refractivity (Wildman–Crippen MR) is 59.1 cm³/mol. The molecule has 1 rings (SSSR count). The highest BCUT2D eigenvalue weighted by atomic mass is 19.1. The van der Waals surface area contributed by atoms with Crippen LogP contribution < -0.4 is 5.32 Å². The molecule has 0 bridgehead atoms. The molecule has 0 saturated heterocycles. The molecule has 2 nitrogen and oxygen atoms in total. The molecule has 0 radical (unpaired) electrons. The van der Waals surface area contributed by atoms with Crippen LogP contribution in [0.4, 0.5) is 4.39 Å². The van der Waals surface area contributed by atoms with E-state index in [0.29, 0.717) is 6.54 Å². The lowest BCUT2D eigenvalue weighted by Crippen LogP contribution is -2.35. The summed E-state index contributed by atoms with van der Waals surface area (Å²) in [5.41, 5.74) is -0.212. The van der Waals surface area contributed by atoms with Gasteiger partial charge in [0.1, 0.15) is 5.82 Å². The lowest BCUT2D eigenvalue weighted by atomic mass is 9.96. The summed E-state index contributed by atoms with van der Waals surface area (Å²) < 4.78 is 12.7. The molecule has 3 heteroatoms. The third-order valence-corrected chi connectivity index (χ3v) is 2.36. The number of halogens is 1. The fourth-order valence-corrected chi connectivity index (χ4v) is 1.42. The summed E-state index contributed by atoms with van der Waals surface area (Å²) in [5, 5.41) is 13.3. The first-order valence-corrected chi connectivity index (χ1v) is 5.25. The van der Waals surface area contributed by atoms with Crippen molar-refractivity contribution in [3.63, 3.8) is 0 Å². The van der Waals surface area contributed by atoms with Gasteiger partial charge in [-0.05, 0) is 37.6 Å². The van der Waals surface area contributed by atoms with Gasteiger partial charge in [0, 0.05) is 6.54 Å². The summed E-state index contributed by atoms with van der Waals surface area (Å²) in [6.07, 6.45) is 1.03. The summed E-state index contributed by atoms with van der Waals surface area (Å²) in [4.78, 5) is 0. The molecule has 1 aromatic rings. The van der Waals surface area contributed by atoms with Crippen LogP contribution in [0.15, 0.2) is 24.3 Å². The maximum atomic E-state index is 12.7. The molecule has 0 aliphatic heterocycles. The van der Waals surface area contributed by atoms with Crippen LogP contribution in [0.25, 0.3) is 0 Å². The van der Waals surface area contributed by atoms with Gasteiger partial charge in [-0.3, -0.25) is 0 Å². The van der Waals surface area contributed by atoms with Crippen LogP contribution in [0.2, 0.25) is 0 Å². The van der Waals surface area contributed by atoms with Crippen molar-refractivity contribution in [1.82, 2.24) is 5.32 Å². The first kappa shape index (κ1) is 12.1. The Morgan fingerprint density at radius 1 is 1.33 bits per heavy atom. The Hall–Kier alpha value is -0.930. The third kappa shape index (κ3) is 3.61. The van der Waals surface area contributed by atoms with Crippen LogP contribution in [-0.2, 0) is 5.60 Å². The number of rotatable bonds is 5. The molecule has 1 atom stereocenters. The Balaban J connectivity index is 2.63. The predicted octanol–water partition coefficient (Wildman–Crippen LogP) is 2.03. The van der Waals surface area contributed by atoms with Gasteiger partial charge < -0.3 is 10.4 Å². The summed E-state index contributed by atoms with van der Waals surface area (Å²) in [6.45, 7) is 5.15. The fourth-order valence-electron chi connectivity index (χ4n) is 1.42. The van der Waals surface area contributed by atoms with E-state index < -0.39 is 5.60 Å².